The highest BCUT2D eigenvalue weighted by Gasteiger charge is 2.05. The number of hydrogen-bond donors (Lipinski definition) is 12. The molecule has 0 saturated heterocycles. The maximum atomic E-state index is 5.31. The van der Waals surface area contributed by atoms with Crippen LogP contribution < -0.4 is 66.3 Å². The number of halogens is 6. The number of nitrogens with two attached hydrogens (primary N) is 6. The van der Waals surface area contributed by atoms with E-state index in [9.17, 15) is 0 Å². The van der Waals surface area contributed by atoms with Crippen LogP contribution >= 0.6 is 144 Å². The van der Waals surface area contributed by atoms with Crippen LogP contribution in [0, 0.1) is 0 Å². The van der Waals surface area contributed by atoms with Gasteiger partial charge in [-0.1, -0.05) is 0 Å². The lowest BCUT2D eigenvalue weighted by Gasteiger charge is -2.19. The number of nitrogens with zero attached hydrogens (tertiary/aromatic N) is 6. The lowest BCUT2D eigenvalue weighted by Crippen LogP contribution is -2.37. The monoisotopic (exact) mass is 1640 g/mol. The van der Waals surface area contributed by atoms with Crippen LogP contribution in [0.5, 0.6) is 0 Å². The van der Waals surface area contributed by atoms with Crippen molar-refractivity contribution in [2.45, 2.75) is 77.8 Å². The fourth-order valence-electron chi connectivity index (χ4n) is 3.57. The largest absolute Gasteiger partial charge is 0.329 e. The zero-order valence-corrected chi connectivity index (χ0v) is 59.8. The summed E-state index contributed by atoms with van der Waals surface area (Å²) in [4.78, 5) is 13.1. The summed E-state index contributed by atoms with van der Waals surface area (Å²) in [5.41, 5.74) is 31.9. The van der Waals surface area contributed by atoms with Crippen molar-refractivity contribution in [3.05, 3.63) is 0 Å². The summed E-state index contributed by atoms with van der Waals surface area (Å²) in [6.07, 6.45) is 0. The SMILES string of the molecule is CC(CNCCN)N(C)C.CC(CNCCN)N(C)C.CC(CNCCN)N(C)C.CC(CNCCN)N(C)C.CC(CNCCN)N(C)C.CC(CNCCN)N(C)C.I.I.I.I.I.I. The second-order valence-electron chi connectivity index (χ2n) is 16.8. The first kappa shape index (κ1) is 98.8. The summed E-state index contributed by atoms with van der Waals surface area (Å²) in [7, 11) is 24.9. The molecule has 0 aromatic heterocycles. The minimum atomic E-state index is 0. The van der Waals surface area contributed by atoms with Crippen molar-refractivity contribution in [3.63, 3.8) is 0 Å². The molecule has 0 aromatic rings. The first-order chi connectivity index (χ1) is 28.1. The molecule has 66 heavy (non-hydrogen) atoms. The Morgan fingerprint density at radius 1 is 0.242 bits per heavy atom. The summed E-state index contributed by atoms with van der Waals surface area (Å²) in [6.45, 7) is 29.0. The summed E-state index contributed by atoms with van der Waals surface area (Å²) in [5, 5.41) is 19.5. The van der Waals surface area contributed by atoms with Gasteiger partial charge < -0.3 is 95.7 Å². The van der Waals surface area contributed by atoms with E-state index in [4.69, 9.17) is 34.4 Å². The Morgan fingerprint density at radius 3 is 0.394 bits per heavy atom. The molecule has 0 rings (SSSR count). The van der Waals surface area contributed by atoms with E-state index in [1.807, 2.05) is 0 Å². The minimum Gasteiger partial charge on any atom is -0.329 e. The molecular formula is C42H120I6N18. The van der Waals surface area contributed by atoms with E-state index in [0.717, 1.165) is 118 Å². The highest BCUT2D eigenvalue weighted by molar-refractivity contribution is 14.0. The van der Waals surface area contributed by atoms with Crippen LogP contribution in [0.2, 0.25) is 0 Å². The van der Waals surface area contributed by atoms with Crippen LogP contribution in [0.1, 0.15) is 41.5 Å². The van der Waals surface area contributed by atoms with Crippen molar-refractivity contribution in [2.24, 2.45) is 34.4 Å². The molecule has 18 N–H and O–H groups in total. The lowest BCUT2D eigenvalue weighted by molar-refractivity contribution is 0.304. The van der Waals surface area contributed by atoms with Crippen LogP contribution in [-0.4, -0.2) is 268 Å². The van der Waals surface area contributed by atoms with E-state index in [0.29, 0.717) is 36.3 Å². The molecular weight excluding hydrogens is 1520 g/mol. The lowest BCUT2D eigenvalue weighted by atomic mass is 10.3. The van der Waals surface area contributed by atoms with Gasteiger partial charge in [-0.2, -0.15) is 0 Å². The van der Waals surface area contributed by atoms with Gasteiger partial charge in [0.1, 0.15) is 0 Å². The molecule has 0 fully saturated rings. The first-order valence-corrected chi connectivity index (χ1v) is 22.5. The minimum absolute atomic E-state index is 0. The number of likely N-dealkylation sites (N-methyl/N-ethyl adjacent to an activating group) is 6. The highest BCUT2D eigenvalue weighted by atomic mass is 127. The molecule has 0 amide bonds. The van der Waals surface area contributed by atoms with Gasteiger partial charge in [0.15, 0.2) is 0 Å². The van der Waals surface area contributed by atoms with Gasteiger partial charge >= 0.3 is 0 Å². The highest BCUT2D eigenvalue weighted by Crippen LogP contribution is 1.90. The Morgan fingerprint density at radius 2 is 0.333 bits per heavy atom. The third-order valence-corrected chi connectivity index (χ3v) is 9.85. The molecule has 0 aromatic carbocycles. The molecule has 18 nitrogen and oxygen atoms in total. The zero-order chi connectivity index (χ0) is 47.9. The average molecular weight is 1640 g/mol. The van der Waals surface area contributed by atoms with Gasteiger partial charge in [0.05, 0.1) is 0 Å². The quantitative estimate of drug-likeness (QED) is 0.0348. The topological polar surface area (TPSA) is 248 Å². The molecule has 0 aliphatic heterocycles. The van der Waals surface area contributed by atoms with Crippen LogP contribution in [0.3, 0.4) is 0 Å². The molecule has 6 atom stereocenters. The molecule has 24 heteroatoms. The number of hydrogen-bond acceptors (Lipinski definition) is 18. The third-order valence-electron chi connectivity index (χ3n) is 9.85. The Hall–Kier alpha value is 3.66. The summed E-state index contributed by atoms with van der Waals surface area (Å²) in [5.74, 6) is 0. The molecule has 0 radical (unpaired) electrons. The van der Waals surface area contributed by atoms with Gasteiger partial charge in [-0.05, 0) is 126 Å². The average Bonchev–Trinajstić information content (AvgIpc) is 3.19. The fourth-order valence-corrected chi connectivity index (χ4v) is 3.57. The van der Waals surface area contributed by atoms with Crippen molar-refractivity contribution in [1.29, 1.82) is 0 Å². The molecule has 0 aliphatic carbocycles. The maximum Gasteiger partial charge on any atom is 0.0186 e. The third kappa shape index (κ3) is 90.4. The van der Waals surface area contributed by atoms with Gasteiger partial charge in [-0.3, -0.25) is 0 Å². The van der Waals surface area contributed by atoms with Gasteiger partial charge in [-0.15, -0.1) is 144 Å². The van der Waals surface area contributed by atoms with Gasteiger partial charge in [0.25, 0.3) is 0 Å². The second kappa shape index (κ2) is 77.6. The van der Waals surface area contributed by atoms with Gasteiger partial charge in [0.2, 0.25) is 0 Å². The molecule has 0 heterocycles. The Balaban J connectivity index is -0.0000000521. The van der Waals surface area contributed by atoms with Gasteiger partial charge in [0, 0.05) is 154 Å². The summed E-state index contributed by atoms with van der Waals surface area (Å²) < 4.78 is 0. The first-order valence-electron chi connectivity index (χ1n) is 22.5. The van der Waals surface area contributed by atoms with Crippen molar-refractivity contribution in [3.8, 4) is 0 Å². The van der Waals surface area contributed by atoms with Crippen LogP contribution in [0.4, 0.5) is 0 Å². The Bertz CT molecular complexity index is 624. The fraction of sp³-hybridized carbons (Fsp3) is 1.00. The maximum absolute atomic E-state index is 5.31. The molecule has 0 saturated carbocycles. The van der Waals surface area contributed by atoms with Crippen molar-refractivity contribution >= 4 is 144 Å². The van der Waals surface area contributed by atoms with Crippen LogP contribution in [0.15, 0.2) is 0 Å². The van der Waals surface area contributed by atoms with Crippen molar-refractivity contribution < 1.29 is 0 Å². The molecule has 0 spiro atoms. The van der Waals surface area contributed by atoms with E-state index in [-0.39, 0.29) is 144 Å². The van der Waals surface area contributed by atoms with Crippen LogP contribution in [-0.2, 0) is 0 Å². The predicted octanol–water partition coefficient (Wildman–Crippen LogP) is 0.617. The van der Waals surface area contributed by atoms with Gasteiger partial charge in [-0.25, -0.2) is 0 Å². The van der Waals surface area contributed by atoms with E-state index >= 15 is 0 Å². The molecule has 0 aliphatic rings. The standard InChI is InChI=1S/6C7H19N3.6HI/c6*1-7(10(2)3)6-9-5-4-8;;;;;;/h6*7,9H,4-6,8H2,1-3H3;6*1H. The van der Waals surface area contributed by atoms with E-state index in [2.05, 4.69) is 187 Å². The predicted molar refractivity (Wildman–Crippen MR) is 363 cm³/mol. The summed E-state index contributed by atoms with van der Waals surface area (Å²) in [6, 6.07) is 3.54. The van der Waals surface area contributed by atoms with E-state index < -0.39 is 0 Å². The number of rotatable bonds is 30. The zero-order valence-electron chi connectivity index (χ0n) is 45.8. The Kier molecular flexibility index (Phi) is 116. The summed E-state index contributed by atoms with van der Waals surface area (Å²) >= 11 is 0. The molecule has 6 unspecified atom stereocenters. The normalized spacial score (nSPS) is 12.8. The second-order valence-corrected chi connectivity index (χ2v) is 16.8. The van der Waals surface area contributed by atoms with Crippen LogP contribution in [0.25, 0.3) is 0 Å². The van der Waals surface area contributed by atoms with E-state index in [1.54, 1.807) is 0 Å². The van der Waals surface area contributed by atoms with E-state index in [1.165, 1.54) is 0 Å². The van der Waals surface area contributed by atoms with Crippen molar-refractivity contribution in [2.75, 3.05) is 202 Å². The smallest absolute Gasteiger partial charge is 0.0186 e. The van der Waals surface area contributed by atoms with Crippen molar-refractivity contribution in [1.82, 2.24) is 61.3 Å². The number of nitrogens with one attached hydrogen (secondary N) is 6. The molecule has 0 bridgehead atoms. The Labute approximate surface area is 513 Å². The molecule has 420 valence electrons.